The molecule has 0 saturated heterocycles. The van der Waals surface area contributed by atoms with Crippen molar-refractivity contribution in [2.45, 2.75) is 20.4 Å². The SMILES string of the molecule is COC(=O)Nc1cc(Cn2c(C)c(C#N)c(-c3ccc(C#N)cc3)c2C)cnc1Cl. The Morgan fingerprint density at radius 1 is 1.20 bits per heavy atom. The lowest BCUT2D eigenvalue weighted by atomic mass is 10.0. The quantitative estimate of drug-likeness (QED) is 0.612. The van der Waals surface area contributed by atoms with E-state index in [1.807, 2.05) is 30.5 Å². The molecule has 1 amide bonds. The van der Waals surface area contributed by atoms with Gasteiger partial charge in [-0.2, -0.15) is 10.5 Å². The molecule has 2 heterocycles. The van der Waals surface area contributed by atoms with E-state index in [4.69, 9.17) is 16.9 Å². The lowest BCUT2D eigenvalue weighted by Crippen LogP contribution is -2.12. The number of aromatic nitrogens is 2. The number of benzene rings is 1. The maximum Gasteiger partial charge on any atom is 0.411 e. The molecule has 7 nitrogen and oxygen atoms in total. The summed E-state index contributed by atoms with van der Waals surface area (Å²) in [6.07, 6.45) is 0.982. The van der Waals surface area contributed by atoms with Crippen LogP contribution in [0.25, 0.3) is 11.1 Å². The summed E-state index contributed by atoms with van der Waals surface area (Å²) in [5.74, 6) is 0. The van der Waals surface area contributed by atoms with Crippen molar-refractivity contribution >= 4 is 23.4 Å². The van der Waals surface area contributed by atoms with Crippen LogP contribution >= 0.6 is 11.6 Å². The van der Waals surface area contributed by atoms with Crippen LogP contribution in [0.2, 0.25) is 5.15 Å². The van der Waals surface area contributed by atoms with Crippen molar-refractivity contribution in [2.24, 2.45) is 0 Å². The molecule has 2 aromatic heterocycles. The van der Waals surface area contributed by atoms with E-state index in [2.05, 4.69) is 27.2 Å². The molecule has 3 rings (SSSR count). The van der Waals surface area contributed by atoms with Gasteiger partial charge in [-0.15, -0.1) is 0 Å². The van der Waals surface area contributed by atoms with Crippen LogP contribution < -0.4 is 5.32 Å². The molecule has 0 radical (unpaired) electrons. The van der Waals surface area contributed by atoms with Crippen LogP contribution in [0.1, 0.15) is 28.1 Å². The first-order valence-electron chi connectivity index (χ1n) is 8.99. The fourth-order valence-corrected chi connectivity index (χ4v) is 3.48. The maximum atomic E-state index is 11.5. The number of carbonyl (C=O) groups excluding carboxylic acids is 1. The van der Waals surface area contributed by atoms with Crippen molar-refractivity contribution in [3.63, 3.8) is 0 Å². The second-order valence-electron chi connectivity index (χ2n) is 6.61. The Kier molecular flexibility index (Phi) is 6.06. The second kappa shape index (κ2) is 8.69. The van der Waals surface area contributed by atoms with Crippen LogP contribution in [0.15, 0.2) is 36.5 Å². The minimum atomic E-state index is -0.640. The Morgan fingerprint density at radius 2 is 1.90 bits per heavy atom. The lowest BCUT2D eigenvalue weighted by molar-refractivity contribution is 0.187. The van der Waals surface area contributed by atoms with E-state index in [-0.39, 0.29) is 5.15 Å². The van der Waals surface area contributed by atoms with Crippen molar-refractivity contribution in [3.05, 3.63) is 69.8 Å². The van der Waals surface area contributed by atoms with Crippen LogP contribution in [0.3, 0.4) is 0 Å². The number of ether oxygens (including phenoxy) is 1. The molecule has 0 aliphatic heterocycles. The highest BCUT2D eigenvalue weighted by atomic mass is 35.5. The average molecular weight is 420 g/mol. The Labute approximate surface area is 179 Å². The van der Waals surface area contributed by atoms with Crippen molar-refractivity contribution in [1.29, 1.82) is 10.5 Å². The molecule has 0 fully saturated rings. The van der Waals surface area contributed by atoms with Gasteiger partial charge in [0.2, 0.25) is 0 Å². The molecule has 0 unspecified atom stereocenters. The molecule has 0 saturated carbocycles. The molecule has 0 spiro atoms. The molecule has 8 heteroatoms. The number of nitrogens with zero attached hydrogens (tertiary/aromatic N) is 4. The lowest BCUT2D eigenvalue weighted by Gasteiger charge is -2.12. The van der Waals surface area contributed by atoms with E-state index in [1.54, 1.807) is 24.4 Å². The standard InChI is InChI=1S/C22H18ClN5O2/c1-13-18(10-25)20(17-6-4-15(9-24)5-7-17)14(2)28(13)12-16-8-19(21(23)26-11-16)27-22(29)30-3/h4-8,11H,12H2,1-3H3,(H,27,29). The number of nitriles is 2. The molecule has 3 aromatic rings. The molecular weight excluding hydrogens is 402 g/mol. The molecule has 0 aliphatic rings. The Hall–Kier alpha value is -3.81. The number of amides is 1. The van der Waals surface area contributed by atoms with Crippen molar-refractivity contribution < 1.29 is 9.53 Å². The third-order valence-electron chi connectivity index (χ3n) is 4.86. The number of nitrogens with one attached hydrogen (secondary N) is 1. The van der Waals surface area contributed by atoms with E-state index in [1.165, 1.54) is 7.11 Å². The van der Waals surface area contributed by atoms with Gasteiger partial charge in [0.1, 0.15) is 6.07 Å². The number of hydrogen-bond donors (Lipinski definition) is 1. The Bertz CT molecular complexity index is 1200. The molecule has 150 valence electrons. The fourth-order valence-electron chi connectivity index (χ4n) is 3.33. The highest BCUT2D eigenvalue weighted by molar-refractivity contribution is 6.32. The second-order valence-corrected chi connectivity index (χ2v) is 6.96. The van der Waals surface area contributed by atoms with Gasteiger partial charge in [0.25, 0.3) is 0 Å². The summed E-state index contributed by atoms with van der Waals surface area (Å²) in [7, 11) is 1.27. The Balaban J connectivity index is 2.03. The van der Waals surface area contributed by atoms with Gasteiger partial charge in [0, 0.05) is 29.7 Å². The summed E-state index contributed by atoms with van der Waals surface area (Å²) in [5.41, 5.74) is 5.69. The molecular formula is C22H18ClN5O2. The van der Waals surface area contributed by atoms with E-state index >= 15 is 0 Å². The van der Waals surface area contributed by atoms with Gasteiger partial charge in [-0.3, -0.25) is 5.32 Å². The van der Waals surface area contributed by atoms with E-state index in [0.717, 1.165) is 28.1 Å². The summed E-state index contributed by atoms with van der Waals surface area (Å²) in [4.78, 5) is 15.7. The van der Waals surface area contributed by atoms with E-state index in [0.29, 0.717) is 23.4 Å². The normalized spacial score (nSPS) is 10.2. The minimum Gasteiger partial charge on any atom is -0.453 e. The molecule has 1 N–H and O–H groups in total. The predicted octanol–water partition coefficient (Wildman–Crippen LogP) is 4.79. The molecule has 0 bridgehead atoms. The monoisotopic (exact) mass is 419 g/mol. The van der Waals surface area contributed by atoms with Crippen molar-refractivity contribution in [2.75, 3.05) is 12.4 Å². The van der Waals surface area contributed by atoms with Crippen LogP contribution in [0.4, 0.5) is 10.5 Å². The van der Waals surface area contributed by atoms with Crippen LogP contribution in [-0.4, -0.2) is 22.8 Å². The third kappa shape index (κ3) is 3.98. The average Bonchev–Trinajstić information content (AvgIpc) is 2.99. The minimum absolute atomic E-state index is 0.154. The molecule has 0 atom stereocenters. The largest absolute Gasteiger partial charge is 0.453 e. The smallest absolute Gasteiger partial charge is 0.411 e. The zero-order valence-corrected chi connectivity index (χ0v) is 17.4. The van der Waals surface area contributed by atoms with Crippen LogP contribution in [-0.2, 0) is 11.3 Å². The third-order valence-corrected chi connectivity index (χ3v) is 5.16. The van der Waals surface area contributed by atoms with Crippen molar-refractivity contribution in [3.8, 4) is 23.3 Å². The van der Waals surface area contributed by atoms with Gasteiger partial charge in [-0.1, -0.05) is 23.7 Å². The van der Waals surface area contributed by atoms with Gasteiger partial charge in [-0.25, -0.2) is 9.78 Å². The zero-order chi connectivity index (χ0) is 21.8. The number of anilines is 1. The summed E-state index contributed by atoms with van der Waals surface area (Å²) in [5, 5.41) is 21.5. The highest BCUT2D eigenvalue weighted by Crippen LogP contribution is 2.33. The molecule has 30 heavy (non-hydrogen) atoms. The summed E-state index contributed by atoms with van der Waals surface area (Å²) in [6.45, 7) is 4.26. The number of rotatable bonds is 4. The number of hydrogen-bond acceptors (Lipinski definition) is 5. The predicted molar refractivity (Wildman–Crippen MR) is 113 cm³/mol. The molecule has 0 aliphatic carbocycles. The Morgan fingerprint density at radius 3 is 2.50 bits per heavy atom. The van der Waals surface area contributed by atoms with Gasteiger partial charge >= 0.3 is 6.09 Å². The fraction of sp³-hybridized carbons (Fsp3) is 0.182. The number of halogens is 1. The zero-order valence-electron chi connectivity index (χ0n) is 16.7. The highest BCUT2D eigenvalue weighted by Gasteiger charge is 2.19. The maximum absolute atomic E-state index is 11.5. The van der Waals surface area contributed by atoms with Gasteiger partial charge in [0.05, 0.1) is 30.0 Å². The van der Waals surface area contributed by atoms with E-state index in [9.17, 15) is 10.1 Å². The number of pyridine rings is 1. The van der Waals surface area contributed by atoms with Gasteiger partial charge in [-0.05, 0) is 43.2 Å². The van der Waals surface area contributed by atoms with E-state index < -0.39 is 6.09 Å². The first kappa shape index (κ1) is 20.9. The number of carbonyl (C=O) groups is 1. The van der Waals surface area contributed by atoms with Crippen LogP contribution in [0.5, 0.6) is 0 Å². The summed E-state index contributed by atoms with van der Waals surface area (Å²) < 4.78 is 6.62. The topological polar surface area (TPSA) is 104 Å². The van der Waals surface area contributed by atoms with Gasteiger partial charge < -0.3 is 9.30 Å². The van der Waals surface area contributed by atoms with Crippen LogP contribution in [0, 0.1) is 36.5 Å². The van der Waals surface area contributed by atoms with Crippen molar-refractivity contribution in [1.82, 2.24) is 9.55 Å². The molecule has 1 aromatic carbocycles. The number of methoxy groups -OCH3 is 1. The first-order valence-corrected chi connectivity index (χ1v) is 9.37. The van der Waals surface area contributed by atoms with Gasteiger partial charge in [0.15, 0.2) is 5.15 Å². The first-order chi connectivity index (χ1) is 14.4. The summed E-state index contributed by atoms with van der Waals surface area (Å²) >= 11 is 6.07. The summed E-state index contributed by atoms with van der Waals surface area (Å²) in [6, 6.07) is 13.3.